The Hall–Kier alpha value is 1.72. The quantitative estimate of drug-likeness (QED) is 0.408. The van der Waals surface area contributed by atoms with E-state index in [-0.39, 0.29) is 58.7 Å². The van der Waals surface area contributed by atoms with Gasteiger partial charge in [-0.05, 0) is 0 Å². The van der Waals surface area contributed by atoms with Crippen molar-refractivity contribution < 1.29 is 38.4 Å². The number of hydrogen-bond acceptors (Lipinski definition) is 8. The Morgan fingerprint density at radius 3 is 0.769 bits per heavy atom. The van der Waals surface area contributed by atoms with Gasteiger partial charge in [-0.3, -0.25) is 0 Å². The molecule has 0 bridgehead atoms. The molecule has 0 atom stereocenters. The summed E-state index contributed by atoms with van der Waals surface area (Å²) in [4.78, 5) is 66.1. The van der Waals surface area contributed by atoms with E-state index in [0.29, 0.717) is 0 Å². The Bertz CT molecular complexity index is 65.1. The van der Waals surface area contributed by atoms with Crippen LogP contribution in [0.3, 0.4) is 0 Å². The molecule has 0 fully saturated rings. The normalized spacial score (nSPS) is 9.23. The van der Waals surface area contributed by atoms with Gasteiger partial charge in [0.25, 0.3) is 0 Å². The molecule has 0 aromatic heterocycles. The maximum absolute atomic E-state index is 8.80. The van der Waals surface area contributed by atoms with Gasteiger partial charge in [-0.2, -0.15) is 13.5 Å². The predicted octanol–water partition coefficient (Wildman–Crippen LogP) is -9.20. The molecule has 0 aromatic carbocycles. The summed E-state index contributed by atoms with van der Waals surface area (Å²) < 4.78 is 0. The van der Waals surface area contributed by atoms with Crippen molar-refractivity contribution in [2.24, 2.45) is 0 Å². The van der Waals surface area contributed by atoms with E-state index in [1.54, 1.807) is 0 Å². The zero-order valence-corrected chi connectivity index (χ0v) is 11.3. The first-order valence-electron chi connectivity index (χ1n) is 1.67. The third-order valence-corrected chi connectivity index (χ3v) is 0. The molecule has 0 aliphatic heterocycles. The molecule has 13 heavy (non-hydrogen) atoms. The second-order valence-corrected chi connectivity index (χ2v) is 3.15. The molecular formula is CH4CaO8SSi2. The minimum absolute atomic E-state index is 0. The molecule has 2 N–H and O–H groups in total. The fourth-order valence-electron chi connectivity index (χ4n) is 0. The predicted molar refractivity (Wildman–Crippen MR) is 35.3 cm³/mol. The fraction of sp³-hybridized carbons (Fsp3) is 0. The minimum Gasteiger partial charge on any atom is -0.894 e. The average Bonchev–Trinajstić information content (AvgIpc) is 1.12. The molecule has 8 nitrogen and oxygen atoms in total. The first-order valence-corrected chi connectivity index (χ1v) is 5.02. The molecule has 0 rings (SSSR count). The van der Waals surface area contributed by atoms with Crippen molar-refractivity contribution in [1.82, 2.24) is 0 Å². The SMILES string of the molecule is S.[C+4].[Ca+2].[O-][Si]([O-])(O)O.[O-][Si]([O-])([O-])[O-]. The van der Waals surface area contributed by atoms with Gasteiger partial charge in [-0.1, -0.05) is 0 Å². The summed E-state index contributed by atoms with van der Waals surface area (Å²) in [6.45, 7) is 0. The van der Waals surface area contributed by atoms with E-state index in [0.717, 1.165) is 0 Å². The third kappa shape index (κ3) is 635. The summed E-state index contributed by atoms with van der Waals surface area (Å²) in [6, 6.07) is 0. The Balaban J connectivity index is -0.0000000267. The maximum Gasteiger partial charge on any atom is 4.00 e. The van der Waals surface area contributed by atoms with Crippen LogP contribution in [0, 0.1) is 7.43 Å². The second kappa shape index (κ2) is 11.8. The van der Waals surface area contributed by atoms with Gasteiger partial charge < -0.3 is 47.4 Å². The van der Waals surface area contributed by atoms with Crippen LogP contribution in [-0.4, -0.2) is 65.4 Å². The van der Waals surface area contributed by atoms with Crippen molar-refractivity contribution in [3.05, 3.63) is 7.43 Å². The largest absolute Gasteiger partial charge is 4.00 e. The molecule has 0 heterocycles. The number of rotatable bonds is 0. The molecule has 0 radical (unpaired) electrons. The second-order valence-electron chi connectivity index (χ2n) is 1.05. The smallest absolute Gasteiger partial charge is 0.894 e. The van der Waals surface area contributed by atoms with Gasteiger partial charge in [0.05, 0.1) is 0 Å². The van der Waals surface area contributed by atoms with E-state index in [1.165, 1.54) is 0 Å². The summed E-state index contributed by atoms with van der Waals surface area (Å²) in [5.41, 5.74) is 0. The van der Waals surface area contributed by atoms with Crippen molar-refractivity contribution in [2.75, 3.05) is 0 Å². The summed E-state index contributed by atoms with van der Waals surface area (Å²) in [5, 5.41) is 0. The third-order valence-electron chi connectivity index (χ3n) is 0. The number of hydrogen-bond donors (Lipinski definition) is 2. The Morgan fingerprint density at radius 2 is 0.769 bits per heavy atom. The van der Waals surface area contributed by atoms with Crippen molar-refractivity contribution in [3.8, 4) is 0 Å². The zero-order chi connectivity index (χ0) is 9.00. The van der Waals surface area contributed by atoms with Gasteiger partial charge in [0, 0.05) is 0 Å². The molecule has 0 saturated carbocycles. The van der Waals surface area contributed by atoms with Crippen LogP contribution in [0.25, 0.3) is 0 Å². The molecule has 72 valence electrons. The molecule has 0 aromatic rings. The van der Waals surface area contributed by atoms with Crippen molar-refractivity contribution in [2.45, 2.75) is 0 Å². The molecule has 12 heteroatoms. The van der Waals surface area contributed by atoms with Gasteiger partial charge in [0.15, 0.2) is 0 Å². The standard InChI is InChI=1S/C.Ca.H2O4Si.O4Si.H2S/c;;2*1-5(2,3)4;/h;;1-2H;;1H2/q+4;+2;-2;-4;. The van der Waals surface area contributed by atoms with Crippen LogP contribution < -0.4 is 28.8 Å². The van der Waals surface area contributed by atoms with Crippen LogP contribution in [0.5, 0.6) is 0 Å². The van der Waals surface area contributed by atoms with Crippen molar-refractivity contribution in [3.63, 3.8) is 0 Å². The summed E-state index contributed by atoms with van der Waals surface area (Å²) in [5.74, 6) is 0. The van der Waals surface area contributed by atoms with E-state index >= 15 is 0 Å². The monoisotopic (exact) mass is 272 g/mol. The van der Waals surface area contributed by atoms with Crippen molar-refractivity contribution >= 4 is 69.3 Å². The van der Waals surface area contributed by atoms with Crippen LogP contribution in [0.4, 0.5) is 0 Å². The van der Waals surface area contributed by atoms with Gasteiger partial charge in [0.1, 0.15) is 9.05 Å². The van der Waals surface area contributed by atoms with E-state index in [1.807, 2.05) is 0 Å². The van der Waals surface area contributed by atoms with Crippen LogP contribution in [-0.2, 0) is 0 Å². The summed E-state index contributed by atoms with van der Waals surface area (Å²) in [7, 11) is -10.7. The van der Waals surface area contributed by atoms with E-state index in [9.17, 15) is 0 Å². The van der Waals surface area contributed by atoms with Gasteiger partial charge in [-0.15, -0.1) is 0 Å². The Morgan fingerprint density at radius 1 is 0.769 bits per heavy atom. The summed E-state index contributed by atoms with van der Waals surface area (Å²) in [6.07, 6.45) is 0. The zero-order valence-electron chi connectivity index (χ0n) is 6.05. The first-order chi connectivity index (χ1) is 4.00. The molecule has 0 aliphatic carbocycles. The maximum atomic E-state index is 8.80. The van der Waals surface area contributed by atoms with E-state index < -0.39 is 18.1 Å². The molecule has 0 aliphatic rings. The van der Waals surface area contributed by atoms with Gasteiger partial charge in [-0.25, -0.2) is 0 Å². The van der Waals surface area contributed by atoms with E-state index in [4.69, 9.17) is 38.4 Å². The minimum atomic E-state index is -5.61. The van der Waals surface area contributed by atoms with Crippen LogP contribution in [0.2, 0.25) is 0 Å². The Kier molecular flexibility index (Phi) is 26.6. The molecule has 0 unspecified atom stereocenters. The molecule has 0 saturated heterocycles. The molecule has 0 spiro atoms. The average molecular weight is 272 g/mol. The molecule has 0 amide bonds. The fourth-order valence-corrected chi connectivity index (χ4v) is 0. The van der Waals surface area contributed by atoms with Crippen LogP contribution in [0.1, 0.15) is 0 Å². The van der Waals surface area contributed by atoms with Crippen LogP contribution in [0.15, 0.2) is 0 Å². The first kappa shape index (κ1) is 29.3. The van der Waals surface area contributed by atoms with Crippen LogP contribution >= 0.6 is 13.5 Å². The topological polar surface area (TPSA) is 179 Å². The van der Waals surface area contributed by atoms with E-state index in [2.05, 4.69) is 0 Å². The summed E-state index contributed by atoms with van der Waals surface area (Å²) >= 11 is 0. The van der Waals surface area contributed by atoms with Crippen molar-refractivity contribution in [1.29, 1.82) is 0 Å². The van der Waals surface area contributed by atoms with Gasteiger partial charge >= 0.3 is 45.2 Å². The van der Waals surface area contributed by atoms with Gasteiger partial charge in [0.2, 0.25) is 0 Å². The Labute approximate surface area is 114 Å². The molecular weight excluding hydrogens is 268 g/mol.